The molecular weight excluding hydrogens is 378 g/mol. The highest BCUT2D eigenvalue weighted by molar-refractivity contribution is 5.68. The van der Waals surface area contributed by atoms with Crippen molar-refractivity contribution in [2.45, 2.75) is 58.3 Å². The molecule has 0 amide bonds. The van der Waals surface area contributed by atoms with Gasteiger partial charge in [0.25, 0.3) is 0 Å². The summed E-state index contributed by atoms with van der Waals surface area (Å²) < 4.78 is 27.9. The van der Waals surface area contributed by atoms with Gasteiger partial charge in [0.15, 0.2) is 24.5 Å². The van der Waals surface area contributed by atoms with Crippen molar-refractivity contribution < 1.29 is 42.9 Å². The van der Waals surface area contributed by atoms with Gasteiger partial charge in [-0.1, -0.05) is 5.21 Å². The molecule has 5 atom stereocenters. The Labute approximate surface area is 160 Å². The van der Waals surface area contributed by atoms with E-state index in [1.165, 1.54) is 24.0 Å². The molecule has 12 heteroatoms. The Morgan fingerprint density at radius 1 is 0.893 bits per heavy atom. The third kappa shape index (κ3) is 5.49. The topological polar surface area (TPSA) is 145 Å². The van der Waals surface area contributed by atoms with E-state index in [1.54, 1.807) is 0 Å². The van der Waals surface area contributed by atoms with Crippen molar-refractivity contribution in [3.05, 3.63) is 12.4 Å². The smallest absolute Gasteiger partial charge is 0.303 e. The summed E-state index contributed by atoms with van der Waals surface area (Å²) in [6.07, 6.45) is -2.95. The highest BCUT2D eigenvalue weighted by Gasteiger charge is 2.53. The van der Waals surface area contributed by atoms with Crippen LogP contribution < -0.4 is 0 Å². The second-order valence-electron chi connectivity index (χ2n) is 5.97. The first kappa shape index (κ1) is 21.3. The summed E-state index contributed by atoms with van der Waals surface area (Å²) in [4.78, 5) is 46.2. The van der Waals surface area contributed by atoms with Crippen molar-refractivity contribution >= 4 is 23.9 Å². The fraction of sp³-hybridized carbons (Fsp3) is 0.625. The van der Waals surface area contributed by atoms with E-state index in [0.29, 0.717) is 0 Å². The molecule has 0 aromatic carbocycles. The molecule has 12 nitrogen and oxygen atoms in total. The Hall–Kier alpha value is -3.02. The fourth-order valence-electron chi connectivity index (χ4n) is 2.77. The van der Waals surface area contributed by atoms with E-state index in [1.807, 2.05) is 0 Å². The number of carbonyl (C=O) groups is 4. The van der Waals surface area contributed by atoms with Crippen LogP contribution in [-0.4, -0.2) is 69.9 Å². The van der Waals surface area contributed by atoms with Crippen LogP contribution in [0.1, 0.15) is 33.9 Å². The van der Waals surface area contributed by atoms with Gasteiger partial charge in [0.2, 0.25) is 0 Å². The molecule has 0 unspecified atom stereocenters. The monoisotopic (exact) mass is 399 g/mol. The zero-order valence-corrected chi connectivity index (χ0v) is 15.8. The number of hydrogen-bond acceptors (Lipinski definition) is 11. The molecule has 1 aliphatic rings. The summed E-state index contributed by atoms with van der Waals surface area (Å²) in [6.45, 7) is 4.36. The Kier molecular flexibility index (Phi) is 7.04. The Morgan fingerprint density at radius 2 is 1.46 bits per heavy atom. The molecule has 0 bridgehead atoms. The van der Waals surface area contributed by atoms with Gasteiger partial charge in [-0.3, -0.25) is 19.2 Å². The summed E-state index contributed by atoms with van der Waals surface area (Å²) in [5.74, 6) is -2.67. The normalized spacial score (nSPS) is 26.8. The summed E-state index contributed by atoms with van der Waals surface area (Å²) in [5, 5.41) is 7.50. The number of hydrogen-bond donors (Lipinski definition) is 0. The van der Waals surface area contributed by atoms with E-state index in [2.05, 4.69) is 10.3 Å². The van der Waals surface area contributed by atoms with Gasteiger partial charge in [0.05, 0.1) is 6.20 Å². The molecule has 0 aliphatic carbocycles. The lowest BCUT2D eigenvalue weighted by atomic mass is 9.97. The molecule has 1 aromatic heterocycles. The molecule has 0 saturated carbocycles. The highest BCUT2D eigenvalue weighted by Crippen LogP contribution is 2.34. The number of aromatic nitrogens is 3. The van der Waals surface area contributed by atoms with E-state index >= 15 is 0 Å². The maximum Gasteiger partial charge on any atom is 0.303 e. The van der Waals surface area contributed by atoms with E-state index in [4.69, 9.17) is 23.7 Å². The predicted molar refractivity (Wildman–Crippen MR) is 87.2 cm³/mol. The van der Waals surface area contributed by atoms with Crippen LogP contribution >= 0.6 is 0 Å². The van der Waals surface area contributed by atoms with E-state index < -0.39 is 54.5 Å². The average Bonchev–Trinajstić information content (AvgIpc) is 3.09. The third-order valence-electron chi connectivity index (χ3n) is 3.67. The van der Waals surface area contributed by atoms with Gasteiger partial charge in [-0.25, -0.2) is 4.68 Å². The van der Waals surface area contributed by atoms with E-state index in [-0.39, 0.29) is 6.61 Å². The van der Waals surface area contributed by atoms with Gasteiger partial charge < -0.3 is 23.7 Å². The van der Waals surface area contributed by atoms with Crippen molar-refractivity contribution in [2.75, 3.05) is 6.61 Å². The maximum atomic E-state index is 11.7. The minimum absolute atomic E-state index is 0.303. The molecule has 0 spiro atoms. The van der Waals surface area contributed by atoms with Crippen molar-refractivity contribution in [1.82, 2.24) is 15.0 Å². The Morgan fingerprint density at radius 3 is 1.96 bits per heavy atom. The minimum Gasteiger partial charge on any atom is -0.463 e. The van der Waals surface area contributed by atoms with Gasteiger partial charge in [-0.05, 0) is 0 Å². The molecular formula is C16H21N3O9. The number of esters is 4. The van der Waals surface area contributed by atoms with Crippen molar-refractivity contribution in [3.8, 4) is 0 Å². The molecule has 2 heterocycles. The molecule has 154 valence electrons. The van der Waals surface area contributed by atoms with E-state index in [0.717, 1.165) is 20.8 Å². The Balaban J connectivity index is 2.45. The first-order valence-corrected chi connectivity index (χ1v) is 8.35. The molecule has 1 fully saturated rings. The Bertz CT molecular complexity index is 721. The molecule has 1 saturated heterocycles. The second-order valence-corrected chi connectivity index (χ2v) is 5.97. The summed E-state index contributed by atoms with van der Waals surface area (Å²) in [5.41, 5.74) is 0. The third-order valence-corrected chi connectivity index (χ3v) is 3.67. The van der Waals surface area contributed by atoms with Gasteiger partial charge in [-0.2, -0.15) is 0 Å². The largest absolute Gasteiger partial charge is 0.463 e. The van der Waals surface area contributed by atoms with Crippen molar-refractivity contribution in [2.24, 2.45) is 0 Å². The van der Waals surface area contributed by atoms with Crippen LogP contribution in [0.15, 0.2) is 12.4 Å². The van der Waals surface area contributed by atoms with Gasteiger partial charge in [-0.15, -0.1) is 5.10 Å². The lowest BCUT2D eigenvalue weighted by Crippen LogP contribution is -2.60. The van der Waals surface area contributed by atoms with Crippen LogP contribution in [0.2, 0.25) is 0 Å². The van der Waals surface area contributed by atoms with E-state index in [9.17, 15) is 19.2 Å². The lowest BCUT2D eigenvalue weighted by Gasteiger charge is -2.44. The highest BCUT2D eigenvalue weighted by atomic mass is 16.7. The van der Waals surface area contributed by atoms with Crippen LogP contribution in [-0.2, 0) is 42.9 Å². The number of ether oxygens (including phenoxy) is 5. The predicted octanol–water partition coefficient (Wildman–Crippen LogP) is -0.466. The summed E-state index contributed by atoms with van der Waals surface area (Å²) in [6, 6.07) is 0. The fourth-order valence-corrected chi connectivity index (χ4v) is 2.77. The first-order valence-electron chi connectivity index (χ1n) is 8.35. The standard InChI is InChI=1S/C16H21N3O9/c1-8(20)24-7-12-13(25-9(2)21)14(26-10(3)22)15(27-11(4)23)16(28-12)19-6-5-17-18-19/h5-6,12-16H,7H2,1-4H3/t12-,13-,14+,15-,16-/m1/s1. The van der Waals surface area contributed by atoms with Crippen LogP contribution in [0.5, 0.6) is 0 Å². The quantitative estimate of drug-likeness (QED) is 0.452. The lowest BCUT2D eigenvalue weighted by molar-refractivity contribution is -0.270. The molecule has 0 N–H and O–H groups in total. The zero-order chi connectivity index (χ0) is 20.8. The van der Waals surface area contributed by atoms with Crippen molar-refractivity contribution in [3.63, 3.8) is 0 Å². The minimum atomic E-state index is -1.24. The number of rotatable bonds is 6. The summed E-state index contributed by atoms with van der Waals surface area (Å²) in [7, 11) is 0. The van der Waals surface area contributed by atoms with Crippen molar-refractivity contribution in [1.29, 1.82) is 0 Å². The zero-order valence-electron chi connectivity index (χ0n) is 15.8. The van der Waals surface area contributed by atoms with Crippen LogP contribution in [0.4, 0.5) is 0 Å². The van der Waals surface area contributed by atoms with Crippen LogP contribution in [0, 0.1) is 0 Å². The first-order chi connectivity index (χ1) is 13.2. The number of carbonyl (C=O) groups excluding carboxylic acids is 4. The average molecular weight is 399 g/mol. The molecule has 2 rings (SSSR count). The van der Waals surface area contributed by atoms with Gasteiger partial charge >= 0.3 is 23.9 Å². The second kappa shape index (κ2) is 9.26. The summed E-state index contributed by atoms with van der Waals surface area (Å²) >= 11 is 0. The maximum absolute atomic E-state index is 11.7. The van der Waals surface area contributed by atoms with Gasteiger partial charge in [0, 0.05) is 33.9 Å². The van der Waals surface area contributed by atoms with Crippen LogP contribution in [0.25, 0.3) is 0 Å². The molecule has 28 heavy (non-hydrogen) atoms. The molecule has 0 radical (unpaired) electrons. The van der Waals surface area contributed by atoms with Gasteiger partial charge in [0.1, 0.15) is 12.7 Å². The SMILES string of the molecule is CC(=O)OC[C@H]1O[C@@H](n2ccnn2)[C@H](OC(C)=O)[C@@H](OC(C)=O)[C@@H]1OC(C)=O. The number of nitrogens with zero attached hydrogens (tertiary/aromatic N) is 3. The van der Waals surface area contributed by atoms with Crippen LogP contribution in [0.3, 0.4) is 0 Å². The molecule has 1 aromatic rings. The molecule has 1 aliphatic heterocycles.